The number of nitrogens with zero attached hydrogens (tertiary/aromatic N) is 2. The summed E-state index contributed by atoms with van der Waals surface area (Å²) in [5.74, 6) is 1.65. The van der Waals surface area contributed by atoms with Gasteiger partial charge in [0.25, 0.3) is 5.56 Å². The van der Waals surface area contributed by atoms with Gasteiger partial charge >= 0.3 is 6.03 Å². The van der Waals surface area contributed by atoms with E-state index in [9.17, 15) is 9.59 Å². The fourth-order valence-corrected chi connectivity index (χ4v) is 4.58. The molecule has 0 spiro atoms. The third-order valence-corrected chi connectivity index (χ3v) is 6.24. The molecule has 174 valence electrons. The molecule has 4 rings (SSSR count). The minimum absolute atomic E-state index is 0.0430. The number of pyridine rings is 1. The molecule has 0 fully saturated rings. The molecule has 0 unspecified atom stereocenters. The van der Waals surface area contributed by atoms with E-state index in [4.69, 9.17) is 9.47 Å². The Labute approximate surface area is 193 Å². The lowest BCUT2D eigenvalue weighted by Crippen LogP contribution is -2.41. The van der Waals surface area contributed by atoms with Crippen molar-refractivity contribution < 1.29 is 14.3 Å². The molecule has 0 bridgehead atoms. The third-order valence-electron chi connectivity index (χ3n) is 6.24. The predicted octanol–water partition coefficient (Wildman–Crippen LogP) is 4.83. The van der Waals surface area contributed by atoms with Crippen LogP contribution >= 0.6 is 0 Å². The Balaban J connectivity index is 1.67. The first-order valence-corrected chi connectivity index (χ1v) is 11.3. The lowest BCUT2D eigenvalue weighted by molar-refractivity contribution is 0.188. The van der Waals surface area contributed by atoms with Crippen LogP contribution in [0.15, 0.2) is 47.4 Å². The number of carbonyl (C=O) groups excluding carboxylic acids is 1. The molecule has 1 N–H and O–H groups in total. The molecule has 7 nitrogen and oxygen atoms in total. The zero-order valence-corrected chi connectivity index (χ0v) is 19.8. The van der Waals surface area contributed by atoms with Gasteiger partial charge in [-0.25, -0.2) is 4.79 Å². The number of methoxy groups -OCH3 is 2. The number of hydrogen-bond donors (Lipinski definition) is 1. The molecule has 1 aliphatic rings. The number of benzene rings is 2. The standard InChI is InChI=1S/C26H31N3O4/c1-16(2)14-28-15-22(19-8-6-7-9-20(19)25(28)30)27-26(31)29-11-10-18-12-23(32-4)24(33-5)13-21(18)17(29)3/h6-9,12-13,15-17H,10-11,14H2,1-5H3,(H,27,31)/t17-/m1/s1. The Morgan fingerprint density at radius 1 is 1.12 bits per heavy atom. The van der Waals surface area contributed by atoms with Crippen LogP contribution in [0.3, 0.4) is 0 Å². The maximum atomic E-state index is 13.4. The van der Waals surface area contributed by atoms with Crippen LogP contribution in [0.5, 0.6) is 11.5 Å². The summed E-state index contributed by atoms with van der Waals surface area (Å²) in [5.41, 5.74) is 2.79. The Morgan fingerprint density at radius 2 is 1.79 bits per heavy atom. The Bertz CT molecular complexity index is 1250. The summed E-state index contributed by atoms with van der Waals surface area (Å²) in [7, 11) is 3.23. The maximum absolute atomic E-state index is 13.4. The summed E-state index contributed by atoms with van der Waals surface area (Å²) in [6.45, 7) is 7.31. The molecule has 1 aliphatic heterocycles. The van der Waals surface area contributed by atoms with Gasteiger partial charge in [0.1, 0.15) is 0 Å². The first-order valence-electron chi connectivity index (χ1n) is 11.3. The molecular weight excluding hydrogens is 418 g/mol. The van der Waals surface area contributed by atoms with Gasteiger partial charge in [0.2, 0.25) is 0 Å². The summed E-state index contributed by atoms with van der Waals surface area (Å²) in [6.07, 6.45) is 2.49. The van der Waals surface area contributed by atoms with Crippen LogP contribution < -0.4 is 20.3 Å². The number of amides is 2. The second-order valence-electron chi connectivity index (χ2n) is 8.90. The Kier molecular flexibility index (Phi) is 6.31. The molecular formula is C26H31N3O4. The molecule has 0 saturated heterocycles. The second kappa shape index (κ2) is 9.17. The summed E-state index contributed by atoms with van der Waals surface area (Å²) in [6, 6.07) is 11.0. The van der Waals surface area contributed by atoms with E-state index in [0.29, 0.717) is 41.6 Å². The number of anilines is 1. The highest BCUT2D eigenvalue weighted by Crippen LogP contribution is 2.38. The van der Waals surface area contributed by atoms with Crippen molar-refractivity contribution in [1.29, 1.82) is 0 Å². The average molecular weight is 450 g/mol. The number of nitrogens with one attached hydrogen (secondary N) is 1. The molecule has 0 aliphatic carbocycles. The average Bonchev–Trinajstić information content (AvgIpc) is 2.81. The van der Waals surface area contributed by atoms with Crippen molar-refractivity contribution in [3.63, 3.8) is 0 Å². The van der Waals surface area contributed by atoms with Crippen LogP contribution in [0.2, 0.25) is 0 Å². The van der Waals surface area contributed by atoms with Crippen LogP contribution in [-0.4, -0.2) is 36.3 Å². The summed E-state index contributed by atoms with van der Waals surface area (Å²) >= 11 is 0. The van der Waals surface area contributed by atoms with Gasteiger partial charge in [0.15, 0.2) is 11.5 Å². The summed E-state index contributed by atoms with van der Waals surface area (Å²) < 4.78 is 12.6. The van der Waals surface area contributed by atoms with E-state index in [1.807, 2.05) is 48.2 Å². The van der Waals surface area contributed by atoms with Gasteiger partial charge < -0.3 is 24.3 Å². The van der Waals surface area contributed by atoms with Crippen molar-refractivity contribution >= 4 is 22.5 Å². The number of urea groups is 1. The number of aromatic nitrogens is 1. The van der Waals surface area contributed by atoms with E-state index in [1.54, 1.807) is 25.0 Å². The van der Waals surface area contributed by atoms with Crippen LogP contribution in [-0.2, 0) is 13.0 Å². The maximum Gasteiger partial charge on any atom is 0.322 e. The fourth-order valence-electron chi connectivity index (χ4n) is 4.58. The van der Waals surface area contributed by atoms with Crippen LogP contribution in [0.4, 0.5) is 10.5 Å². The van der Waals surface area contributed by atoms with Gasteiger partial charge in [-0.15, -0.1) is 0 Å². The predicted molar refractivity (Wildman–Crippen MR) is 130 cm³/mol. The van der Waals surface area contributed by atoms with Crippen molar-refractivity contribution in [2.45, 2.75) is 39.8 Å². The minimum Gasteiger partial charge on any atom is -0.493 e. The number of hydrogen-bond acceptors (Lipinski definition) is 4. The van der Waals surface area contributed by atoms with E-state index < -0.39 is 0 Å². The SMILES string of the molecule is COc1cc2c(cc1OC)[C@@H](C)N(C(=O)Nc1cn(CC(C)C)c(=O)c3ccccc13)CC2. The minimum atomic E-state index is -0.192. The normalized spacial score (nSPS) is 15.5. The second-order valence-corrected chi connectivity index (χ2v) is 8.90. The van der Waals surface area contributed by atoms with Gasteiger partial charge in [-0.3, -0.25) is 4.79 Å². The van der Waals surface area contributed by atoms with Crippen molar-refractivity contribution in [3.8, 4) is 11.5 Å². The zero-order chi connectivity index (χ0) is 23.7. The first kappa shape index (κ1) is 22.7. The summed E-state index contributed by atoms with van der Waals surface area (Å²) in [4.78, 5) is 28.1. The van der Waals surface area contributed by atoms with Gasteiger partial charge in [-0.05, 0) is 48.6 Å². The molecule has 2 amide bonds. The number of carbonyl (C=O) groups is 1. The Hall–Kier alpha value is -3.48. The van der Waals surface area contributed by atoms with E-state index in [2.05, 4.69) is 19.2 Å². The quantitative estimate of drug-likeness (QED) is 0.606. The molecule has 33 heavy (non-hydrogen) atoms. The summed E-state index contributed by atoms with van der Waals surface area (Å²) in [5, 5.41) is 4.42. The molecule has 1 atom stereocenters. The lowest BCUT2D eigenvalue weighted by atomic mass is 9.93. The molecule has 2 heterocycles. The Morgan fingerprint density at radius 3 is 2.45 bits per heavy atom. The van der Waals surface area contributed by atoms with Gasteiger partial charge in [0, 0.05) is 30.1 Å². The largest absolute Gasteiger partial charge is 0.493 e. The van der Waals surface area contributed by atoms with Crippen molar-refractivity contribution in [2.24, 2.45) is 5.92 Å². The fraction of sp³-hybridized carbons (Fsp3) is 0.385. The van der Waals surface area contributed by atoms with Crippen LogP contribution in [0.1, 0.15) is 37.9 Å². The number of ether oxygens (including phenoxy) is 2. The van der Waals surface area contributed by atoms with Crippen LogP contribution in [0, 0.1) is 5.92 Å². The highest BCUT2D eigenvalue weighted by Gasteiger charge is 2.29. The van der Waals surface area contributed by atoms with Gasteiger partial charge in [-0.1, -0.05) is 32.0 Å². The van der Waals surface area contributed by atoms with Crippen molar-refractivity contribution in [2.75, 3.05) is 26.1 Å². The third kappa shape index (κ3) is 4.27. The van der Waals surface area contributed by atoms with E-state index >= 15 is 0 Å². The molecule has 1 aromatic heterocycles. The van der Waals surface area contributed by atoms with Gasteiger partial charge in [-0.2, -0.15) is 0 Å². The number of fused-ring (bicyclic) bond motifs is 2. The highest BCUT2D eigenvalue weighted by atomic mass is 16.5. The lowest BCUT2D eigenvalue weighted by Gasteiger charge is -2.35. The molecule has 2 aromatic carbocycles. The number of rotatable bonds is 5. The molecule has 7 heteroatoms. The first-order chi connectivity index (χ1) is 15.8. The highest BCUT2D eigenvalue weighted by molar-refractivity contribution is 6.01. The van der Waals surface area contributed by atoms with Crippen molar-refractivity contribution in [3.05, 3.63) is 64.1 Å². The monoisotopic (exact) mass is 449 g/mol. The van der Waals surface area contributed by atoms with Crippen LogP contribution in [0.25, 0.3) is 10.8 Å². The van der Waals surface area contributed by atoms with Crippen molar-refractivity contribution in [1.82, 2.24) is 9.47 Å². The molecule has 0 saturated carbocycles. The van der Waals surface area contributed by atoms with E-state index in [1.165, 1.54) is 0 Å². The smallest absolute Gasteiger partial charge is 0.322 e. The molecule has 0 radical (unpaired) electrons. The zero-order valence-electron chi connectivity index (χ0n) is 19.8. The van der Waals surface area contributed by atoms with Gasteiger partial charge in [0.05, 0.1) is 25.9 Å². The topological polar surface area (TPSA) is 72.8 Å². The molecule has 3 aromatic rings. The van der Waals surface area contributed by atoms with E-state index in [0.717, 1.165) is 22.9 Å². The van der Waals surface area contributed by atoms with E-state index in [-0.39, 0.29) is 17.6 Å².